The number of hydrogen-bond acceptors (Lipinski definition) is 1. The quantitative estimate of drug-likeness (QED) is 0.817. The molecule has 1 unspecified atom stereocenters. The van der Waals surface area contributed by atoms with Gasteiger partial charge in [0, 0.05) is 16.9 Å². The second kappa shape index (κ2) is 7.16. The molecule has 0 radical (unpaired) electrons. The first-order chi connectivity index (χ1) is 8.84. The molecule has 0 aliphatic rings. The molecular weight excluding hydrogens is 281 g/mol. The Balaban J connectivity index is 2.66. The van der Waals surface area contributed by atoms with Gasteiger partial charge in [0.25, 0.3) is 0 Å². The number of alkyl halides is 1. The molecule has 0 aromatic heterocycles. The van der Waals surface area contributed by atoms with Crippen LogP contribution in [-0.4, -0.2) is 17.8 Å². The zero-order valence-electron chi connectivity index (χ0n) is 11.7. The third-order valence-corrected chi connectivity index (χ3v) is 3.67. The first kappa shape index (κ1) is 16.3. The summed E-state index contributed by atoms with van der Waals surface area (Å²) in [5, 5.41) is 3.68. The van der Waals surface area contributed by atoms with Gasteiger partial charge in [0.05, 0.1) is 6.42 Å². The van der Waals surface area contributed by atoms with Crippen LogP contribution < -0.4 is 5.32 Å². The van der Waals surface area contributed by atoms with Gasteiger partial charge in [-0.2, -0.15) is 0 Å². The van der Waals surface area contributed by atoms with Crippen molar-refractivity contribution < 1.29 is 4.79 Å². The largest absolute Gasteiger partial charge is 0.353 e. The highest BCUT2D eigenvalue weighted by Crippen LogP contribution is 2.23. The van der Waals surface area contributed by atoms with E-state index < -0.39 is 0 Å². The molecule has 0 fully saturated rings. The van der Waals surface area contributed by atoms with Gasteiger partial charge in [0.1, 0.15) is 0 Å². The van der Waals surface area contributed by atoms with Crippen molar-refractivity contribution >= 4 is 29.1 Å². The van der Waals surface area contributed by atoms with Crippen LogP contribution in [0.15, 0.2) is 24.3 Å². The van der Waals surface area contributed by atoms with E-state index in [-0.39, 0.29) is 17.4 Å². The number of hydrogen-bond donors (Lipinski definition) is 1. The van der Waals surface area contributed by atoms with Crippen molar-refractivity contribution in [3.8, 4) is 0 Å². The van der Waals surface area contributed by atoms with Gasteiger partial charge in [-0.1, -0.05) is 50.6 Å². The SMILES string of the molecule is CC(C)(C)C(CCCl)NC(=O)Cc1ccccc1Cl. The Bertz CT molecular complexity index is 426. The number of rotatable bonds is 5. The van der Waals surface area contributed by atoms with E-state index in [1.807, 2.05) is 18.2 Å². The van der Waals surface area contributed by atoms with Crippen LogP contribution in [0.4, 0.5) is 0 Å². The highest BCUT2D eigenvalue weighted by atomic mass is 35.5. The normalized spacial score (nSPS) is 13.1. The average Bonchev–Trinajstić information content (AvgIpc) is 2.30. The fourth-order valence-electron chi connectivity index (χ4n) is 1.89. The molecular formula is C15H21Cl2NO. The van der Waals surface area contributed by atoms with Crippen molar-refractivity contribution in [3.05, 3.63) is 34.9 Å². The number of amides is 1. The molecule has 4 heteroatoms. The average molecular weight is 302 g/mol. The Hall–Kier alpha value is -0.730. The van der Waals surface area contributed by atoms with E-state index in [0.29, 0.717) is 17.3 Å². The minimum Gasteiger partial charge on any atom is -0.353 e. The molecule has 1 atom stereocenters. The maximum Gasteiger partial charge on any atom is 0.224 e. The molecule has 0 aliphatic heterocycles. The Morgan fingerprint density at radius 3 is 2.47 bits per heavy atom. The highest BCUT2D eigenvalue weighted by molar-refractivity contribution is 6.31. The van der Waals surface area contributed by atoms with Crippen molar-refractivity contribution in [1.82, 2.24) is 5.32 Å². The van der Waals surface area contributed by atoms with Gasteiger partial charge < -0.3 is 5.32 Å². The van der Waals surface area contributed by atoms with Crippen LogP contribution in [0, 0.1) is 5.41 Å². The van der Waals surface area contributed by atoms with E-state index in [2.05, 4.69) is 26.1 Å². The topological polar surface area (TPSA) is 29.1 Å². The molecule has 2 nitrogen and oxygen atoms in total. The fourth-order valence-corrected chi connectivity index (χ4v) is 2.31. The zero-order chi connectivity index (χ0) is 14.5. The van der Waals surface area contributed by atoms with Gasteiger partial charge >= 0.3 is 0 Å². The molecule has 0 bridgehead atoms. The van der Waals surface area contributed by atoms with Crippen LogP contribution in [0.3, 0.4) is 0 Å². The van der Waals surface area contributed by atoms with Crippen molar-refractivity contribution in [2.45, 2.75) is 39.7 Å². The molecule has 0 aliphatic carbocycles. The van der Waals surface area contributed by atoms with E-state index >= 15 is 0 Å². The van der Waals surface area contributed by atoms with Gasteiger partial charge in [-0.15, -0.1) is 11.6 Å². The Kier molecular flexibility index (Phi) is 6.15. The monoisotopic (exact) mass is 301 g/mol. The van der Waals surface area contributed by atoms with Crippen molar-refractivity contribution in [2.75, 3.05) is 5.88 Å². The summed E-state index contributed by atoms with van der Waals surface area (Å²) in [5.41, 5.74) is 0.839. The maximum absolute atomic E-state index is 12.1. The lowest BCUT2D eigenvalue weighted by Gasteiger charge is -2.31. The van der Waals surface area contributed by atoms with Crippen LogP contribution in [0.25, 0.3) is 0 Å². The highest BCUT2D eigenvalue weighted by Gasteiger charge is 2.25. The second-order valence-corrected chi connectivity index (χ2v) is 6.52. The van der Waals surface area contributed by atoms with Crippen LogP contribution in [0.1, 0.15) is 32.8 Å². The first-order valence-electron chi connectivity index (χ1n) is 6.43. The summed E-state index contributed by atoms with van der Waals surface area (Å²) in [6, 6.07) is 7.48. The Labute approximate surface area is 125 Å². The molecule has 19 heavy (non-hydrogen) atoms. The number of nitrogens with one attached hydrogen (secondary N) is 1. The molecule has 1 N–H and O–H groups in total. The van der Waals surface area contributed by atoms with Crippen LogP contribution in [0.5, 0.6) is 0 Å². The molecule has 0 heterocycles. The summed E-state index contributed by atoms with van der Waals surface area (Å²) in [5.74, 6) is 0.520. The van der Waals surface area contributed by atoms with E-state index in [0.717, 1.165) is 12.0 Å². The van der Waals surface area contributed by atoms with Crippen molar-refractivity contribution in [3.63, 3.8) is 0 Å². The maximum atomic E-state index is 12.1. The summed E-state index contributed by atoms with van der Waals surface area (Å²) in [4.78, 5) is 12.1. The summed E-state index contributed by atoms with van der Waals surface area (Å²) >= 11 is 11.9. The molecule has 106 valence electrons. The van der Waals surface area contributed by atoms with Gasteiger partial charge in [-0.25, -0.2) is 0 Å². The Morgan fingerprint density at radius 1 is 1.32 bits per heavy atom. The van der Waals surface area contributed by atoms with Crippen LogP contribution in [0.2, 0.25) is 5.02 Å². The Morgan fingerprint density at radius 2 is 1.95 bits per heavy atom. The molecule has 1 amide bonds. The number of carbonyl (C=O) groups excluding carboxylic acids is 1. The summed E-state index contributed by atoms with van der Waals surface area (Å²) in [6.45, 7) is 6.29. The van der Waals surface area contributed by atoms with Gasteiger partial charge in [-0.05, 0) is 23.5 Å². The minimum absolute atomic E-state index is 0.00890. The van der Waals surface area contributed by atoms with Gasteiger partial charge in [-0.3, -0.25) is 4.79 Å². The first-order valence-corrected chi connectivity index (χ1v) is 7.34. The number of halogens is 2. The lowest BCUT2D eigenvalue weighted by Crippen LogP contribution is -2.44. The lowest BCUT2D eigenvalue weighted by molar-refractivity contribution is -0.121. The van der Waals surface area contributed by atoms with E-state index in [9.17, 15) is 4.79 Å². The molecule has 0 saturated heterocycles. The fraction of sp³-hybridized carbons (Fsp3) is 0.533. The van der Waals surface area contributed by atoms with Gasteiger partial charge in [0.2, 0.25) is 5.91 Å². The van der Waals surface area contributed by atoms with E-state index in [1.165, 1.54) is 0 Å². The van der Waals surface area contributed by atoms with Crippen LogP contribution >= 0.6 is 23.2 Å². The zero-order valence-corrected chi connectivity index (χ0v) is 13.2. The summed E-state index contributed by atoms with van der Waals surface area (Å²) in [7, 11) is 0. The summed E-state index contributed by atoms with van der Waals surface area (Å²) in [6.07, 6.45) is 1.06. The second-order valence-electron chi connectivity index (χ2n) is 5.73. The lowest BCUT2D eigenvalue weighted by atomic mass is 9.85. The van der Waals surface area contributed by atoms with Crippen molar-refractivity contribution in [2.24, 2.45) is 5.41 Å². The molecule has 1 aromatic rings. The number of benzene rings is 1. The molecule has 1 aromatic carbocycles. The molecule has 1 rings (SSSR count). The van der Waals surface area contributed by atoms with Gasteiger partial charge in [0.15, 0.2) is 0 Å². The minimum atomic E-state index is -0.0156. The smallest absolute Gasteiger partial charge is 0.224 e. The van der Waals surface area contributed by atoms with E-state index in [1.54, 1.807) is 6.07 Å². The summed E-state index contributed by atoms with van der Waals surface area (Å²) < 4.78 is 0. The van der Waals surface area contributed by atoms with Crippen LogP contribution in [-0.2, 0) is 11.2 Å². The number of carbonyl (C=O) groups is 1. The van der Waals surface area contributed by atoms with Crippen molar-refractivity contribution in [1.29, 1.82) is 0 Å². The predicted octanol–water partition coefficient (Wildman–Crippen LogP) is 4.04. The van der Waals surface area contributed by atoms with E-state index in [4.69, 9.17) is 23.2 Å². The third-order valence-electron chi connectivity index (χ3n) is 3.09. The molecule has 0 spiro atoms. The third kappa shape index (κ3) is 5.42. The molecule has 0 saturated carbocycles. The standard InChI is InChI=1S/C15H21Cl2NO/c1-15(2,3)13(8-9-16)18-14(19)10-11-6-4-5-7-12(11)17/h4-7,13H,8-10H2,1-3H3,(H,18,19). The predicted molar refractivity (Wildman–Crippen MR) is 81.9 cm³/mol.